The van der Waals surface area contributed by atoms with Gasteiger partial charge in [-0.1, -0.05) is 12.1 Å². The van der Waals surface area contributed by atoms with Crippen LogP contribution in [0.1, 0.15) is 24.2 Å². The Morgan fingerprint density at radius 1 is 1.47 bits per heavy atom. The summed E-state index contributed by atoms with van der Waals surface area (Å²) in [6.45, 7) is 4.40. The fraction of sp³-hybridized carbons (Fsp3) is 0.444. The van der Waals surface area contributed by atoms with Crippen LogP contribution in [0.5, 0.6) is 0 Å². The molecule has 0 aliphatic rings. The number of nitrogens with zero attached hydrogens (tertiary/aromatic N) is 4. The van der Waals surface area contributed by atoms with Gasteiger partial charge >= 0.3 is 0 Å². The summed E-state index contributed by atoms with van der Waals surface area (Å²) in [5, 5.41) is 11.9. The molecule has 0 aliphatic carbocycles. The minimum absolute atomic E-state index is 0.376. The molecule has 2 heterocycles. The number of aromatic nitrogens is 4. The van der Waals surface area contributed by atoms with Gasteiger partial charge in [0.1, 0.15) is 5.82 Å². The Labute approximate surface area is 92.0 Å². The highest BCUT2D eigenvalue weighted by atomic mass is 35.5. The Kier molecular flexibility index (Phi) is 2.73. The first-order chi connectivity index (χ1) is 7.20. The van der Waals surface area contributed by atoms with Crippen LogP contribution in [0.2, 0.25) is 5.28 Å². The van der Waals surface area contributed by atoms with E-state index in [1.807, 2.05) is 24.5 Å². The molecular formula is C9H11ClN4O. The summed E-state index contributed by atoms with van der Waals surface area (Å²) in [6, 6.07) is 1.87. The topological polar surface area (TPSA) is 56.7 Å². The maximum absolute atomic E-state index is 5.91. The average molecular weight is 227 g/mol. The molecule has 2 aromatic heterocycles. The highest BCUT2D eigenvalue weighted by Gasteiger charge is 2.11. The smallest absolute Gasteiger partial charge is 0.225 e. The second-order valence-electron chi connectivity index (χ2n) is 3.26. The van der Waals surface area contributed by atoms with E-state index in [0.717, 1.165) is 23.7 Å². The zero-order valence-corrected chi connectivity index (χ0v) is 9.32. The normalized spacial score (nSPS) is 10.9. The molecule has 0 spiro atoms. The van der Waals surface area contributed by atoms with Crippen molar-refractivity contribution in [2.45, 2.75) is 26.8 Å². The molecular weight excluding hydrogens is 216 g/mol. The maximum atomic E-state index is 5.91. The molecule has 6 heteroatoms. The van der Waals surface area contributed by atoms with E-state index in [0.29, 0.717) is 11.8 Å². The van der Waals surface area contributed by atoms with Crippen molar-refractivity contribution in [3.63, 3.8) is 0 Å². The molecule has 15 heavy (non-hydrogen) atoms. The number of halogens is 1. The first-order valence-electron chi connectivity index (χ1n) is 4.70. The van der Waals surface area contributed by atoms with Crippen molar-refractivity contribution in [2.24, 2.45) is 0 Å². The molecule has 0 N–H and O–H groups in total. The first kappa shape index (κ1) is 10.2. The maximum Gasteiger partial charge on any atom is 0.225 e. The van der Waals surface area contributed by atoms with Gasteiger partial charge in [0, 0.05) is 12.5 Å². The fourth-order valence-corrected chi connectivity index (χ4v) is 1.57. The van der Waals surface area contributed by atoms with Gasteiger partial charge in [0.2, 0.25) is 5.28 Å². The van der Waals surface area contributed by atoms with Crippen molar-refractivity contribution >= 4 is 11.6 Å². The Morgan fingerprint density at radius 2 is 2.27 bits per heavy atom. The van der Waals surface area contributed by atoms with Crippen LogP contribution in [0.4, 0.5) is 0 Å². The summed E-state index contributed by atoms with van der Waals surface area (Å²) in [6.07, 6.45) is 0.785. The Hall–Kier alpha value is -1.36. The van der Waals surface area contributed by atoms with Gasteiger partial charge in [-0.25, -0.2) is 0 Å². The summed E-state index contributed by atoms with van der Waals surface area (Å²) in [5.41, 5.74) is 0.854. The molecule has 0 aliphatic heterocycles. The zero-order chi connectivity index (χ0) is 10.8. The predicted octanol–water partition coefficient (Wildman–Crippen LogP) is 1.84. The summed E-state index contributed by atoms with van der Waals surface area (Å²) < 4.78 is 6.91. The molecule has 2 aromatic rings. The molecule has 0 saturated heterocycles. The monoisotopic (exact) mass is 226 g/mol. The minimum Gasteiger partial charge on any atom is -0.359 e. The molecule has 5 nitrogen and oxygen atoms in total. The summed E-state index contributed by atoms with van der Waals surface area (Å²) in [7, 11) is 0. The predicted molar refractivity (Wildman–Crippen MR) is 54.8 cm³/mol. The van der Waals surface area contributed by atoms with Crippen LogP contribution in [-0.4, -0.2) is 19.9 Å². The van der Waals surface area contributed by atoms with Crippen molar-refractivity contribution in [3.05, 3.63) is 28.6 Å². The lowest BCUT2D eigenvalue weighted by molar-refractivity contribution is 0.371. The largest absolute Gasteiger partial charge is 0.359 e. The molecule has 0 atom stereocenters. The lowest BCUT2D eigenvalue weighted by Gasteiger charge is -2.02. The van der Waals surface area contributed by atoms with Gasteiger partial charge in [0.15, 0.2) is 5.76 Å². The summed E-state index contributed by atoms with van der Waals surface area (Å²) >= 11 is 5.91. The third-order valence-corrected chi connectivity index (χ3v) is 2.37. The molecule has 0 amide bonds. The highest BCUT2D eigenvalue weighted by Crippen LogP contribution is 2.13. The highest BCUT2D eigenvalue weighted by molar-refractivity contribution is 6.28. The molecule has 0 aromatic carbocycles. The van der Waals surface area contributed by atoms with Crippen LogP contribution in [0, 0.1) is 6.92 Å². The van der Waals surface area contributed by atoms with E-state index < -0.39 is 0 Å². The van der Waals surface area contributed by atoms with E-state index in [-0.39, 0.29) is 0 Å². The van der Waals surface area contributed by atoms with Gasteiger partial charge in [-0.05, 0) is 18.5 Å². The third-order valence-electron chi connectivity index (χ3n) is 2.09. The van der Waals surface area contributed by atoms with Gasteiger partial charge < -0.3 is 4.52 Å². The van der Waals surface area contributed by atoms with Crippen molar-refractivity contribution in [1.29, 1.82) is 0 Å². The lowest BCUT2D eigenvalue weighted by Crippen LogP contribution is -2.03. The molecule has 0 bridgehead atoms. The molecule has 0 fully saturated rings. The second-order valence-corrected chi connectivity index (χ2v) is 3.60. The molecule has 0 unspecified atom stereocenters. The average Bonchev–Trinajstić information content (AvgIpc) is 2.76. The van der Waals surface area contributed by atoms with Gasteiger partial charge in [0.25, 0.3) is 0 Å². The van der Waals surface area contributed by atoms with E-state index in [1.165, 1.54) is 0 Å². The van der Waals surface area contributed by atoms with Gasteiger partial charge in [-0.2, -0.15) is 0 Å². The van der Waals surface area contributed by atoms with E-state index in [9.17, 15) is 0 Å². The Morgan fingerprint density at radius 3 is 2.87 bits per heavy atom. The number of hydrogen-bond acceptors (Lipinski definition) is 4. The molecule has 2 rings (SSSR count). The van der Waals surface area contributed by atoms with Crippen molar-refractivity contribution in [3.8, 4) is 0 Å². The third kappa shape index (κ3) is 2.02. The SMILES string of the molecule is CCc1nnc(Cl)n1Cc1cc(C)no1. The molecule has 80 valence electrons. The second kappa shape index (κ2) is 4.02. The van der Waals surface area contributed by atoms with Crippen molar-refractivity contribution < 1.29 is 4.52 Å². The molecule has 0 saturated carbocycles. The van der Waals surface area contributed by atoms with E-state index in [2.05, 4.69) is 15.4 Å². The van der Waals surface area contributed by atoms with Gasteiger partial charge in [-0.15, -0.1) is 10.2 Å². The fourth-order valence-electron chi connectivity index (χ4n) is 1.38. The van der Waals surface area contributed by atoms with E-state index in [1.54, 1.807) is 0 Å². The summed E-state index contributed by atoms with van der Waals surface area (Å²) in [4.78, 5) is 0. The van der Waals surface area contributed by atoms with Crippen LogP contribution in [-0.2, 0) is 13.0 Å². The van der Waals surface area contributed by atoms with Crippen LogP contribution in [0.15, 0.2) is 10.6 Å². The molecule has 0 radical (unpaired) electrons. The first-order valence-corrected chi connectivity index (χ1v) is 5.08. The standard InChI is InChI=1S/C9H11ClN4O/c1-3-8-11-12-9(10)14(8)5-7-4-6(2)13-15-7/h4H,3,5H2,1-2H3. The van der Waals surface area contributed by atoms with E-state index >= 15 is 0 Å². The number of aryl methyl sites for hydroxylation is 2. The number of rotatable bonds is 3. The minimum atomic E-state index is 0.376. The quantitative estimate of drug-likeness (QED) is 0.801. The summed E-state index contributed by atoms with van der Waals surface area (Å²) in [5.74, 6) is 1.60. The van der Waals surface area contributed by atoms with E-state index in [4.69, 9.17) is 16.1 Å². The van der Waals surface area contributed by atoms with Crippen LogP contribution < -0.4 is 0 Å². The zero-order valence-electron chi connectivity index (χ0n) is 8.57. The Bertz CT molecular complexity index is 462. The van der Waals surface area contributed by atoms with Gasteiger partial charge in [-0.3, -0.25) is 4.57 Å². The Balaban J connectivity index is 2.26. The number of hydrogen-bond donors (Lipinski definition) is 0. The van der Waals surface area contributed by atoms with Crippen LogP contribution >= 0.6 is 11.6 Å². The van der Waals surface area contributed by atoms with Crippen LogP contribution in [0.25, 0.3) is 0 Å². The van der Waals surface area contributed by atoms with Crippen molar-refractivity contribution in [2.75, 3.05) is 0 Å². The van der Waals surface area contributed by atoms with Gasteiger partial charge in [0.05, 0.1) is 12.2 Å². The van der Waals surface area contributed by atoms with Crippen molar-refractivity contribution in [1.82, 2.24) is 19.9 Å². The van der Waals surface area contributed by atoms with Crippen LogP contribution in [0.3, 0.4) is 0 Å². The lowest BCUT2D eigenvalue weighted by atomic mass is 10.3.